The Morgan fingerprint density at radius 2 is 2.04 bits per heavy atom. The molecule has 0 bridgehead atoms. The van der Waals surface area contributed by atoms with Crippen molar-refractivity contribution in [1.29, 1.82) is 0 Å². The highest BCUT2D eigenvalue weighted by Gasteiger charge is 2.37. The Labute approximate surface area is 145 Å². The molecule has 4 rings (SSSR count). The molecular weight excluding hydrogens is 316 g/mol. The van der Waals surface area contributed by atoms with Gasteiger partial charge in [-0.15, -0.1) is 0 Å². The molecule has 6 heteroatoms. The first-order chi connectivity index (χ1) is 12.0. The number of rotatable bonds is 3. The summed E-state index contributed by atoms with van der Waals surface area (Å²) < 4.78 is 0. The quantitative estimate of drug-likeness (QED) is 0.590. The van der Waals surface area contributed by atoms with E-state index in [1.165, 1.54) is 0 Å². The number of carbonyl (C=O) groups is 1. The number of nitrogens with zero attached hydrogens (tertiary/aromatic N) is 1. The average molecular weight is 336 g/mol. The third kappa shape index (κ3) is 2.42. The molecule has 1 aliphatic rings. The zero-order valence-corrected chi connectivity index (χ0v) is 14.1. The maximum absolute atomic E-state index is 12.0. The molecule has 1 unspecified atom stereocenters. The van der Waals surface area contributed by atoms with E-state index in [-0.39, 0.29) is 11.8 Å². The second-order valence-electron chi connectivity index (χ2n) is 6.75. The molecule has 0 spiro atoms. The number of hydrogen-bond acceptors (Lipinski definition) is 4. The topological polar surface area (TPSA) is 90.0 Å². The first kappa shape index (κ1) is 15.8. The summed E-state index contributed by atoms with van der Waals surface area (Å²) in [5, 5.41) is 13.4. The van der Waals surface area contributed by atoms with Gasteiger partial charge in [-0.05, 0) is 46.0 Å². The van der Waals surface area contributed by atoms with E-state index in [1.54, 1.807) is 12.5 Å². The van der Waals surface area contributed by atoms with Crippen molar-refractivity contribution in [3.63, 3.8) is 0 Å². The molecule has 0 radical (unpaired) electrons. The third-order valence-electron chi connectivity index (χ3n) is 4.95. The molecule has 0 fully saturated rings. The van der Waals surface area contributed by atoms with Gasteiger partial charge in [0.15, 0.2) is 0 Å². The Kier molecular flexibility index (Phi) is 3.59. The Balaban J connectivity index is 1.88. The Morgan fingerprint density at radius 3 is 2.76 bits per heavy atom. The molecule has 4 N–H and O–H groups in total. The van der Waals surface area contributed by atoms with E-state index in [1.807, 2.05) is 44.2 Å². The van der Waals surface area contributed by atoms with Crippen LogP contribution >= 0.6 is 0 Å². The number of fused-ring (bicyclic) bond motifs is 2. The normalized spacial score (nSPS) is 16.6. The molecule has 0 saturated heterocycles. The fraction of sp³-hybridized carbons (Fsp3) is 0.263. The molecule has 25 heavy (non-hydrogen) atoms. The number of nitrogens with one attached hydrogen (secondary N) is 3. The maximum Gasteiger partial charge on any atom is 0.265 e. The number of benzene rings is 2. The van der Waals surface area contributed by atoms with Gasteiger partial charge in [-0.25, -0.2) is 10.4 Å². The zero-order chi connectivity index (χ0) is 17.6. The van der Waals surface area contributed by atoms with Gasteiger partial charge < -0.3 is 10.1 Å². The lowest BCUT2D eigenvalue weighted by Crippen LogP contribution is -2.41. The van der Waals surface area contributed by atoms with Crippen molar-refractivity contribution in [3.8, 4) is 0 Å². The minimum atomic E-state index is -1.18. The first-order valence-electron chi connectivity index (χ1n) is 8.32. The summed E-state index contributed by atoms with van der Waals surface area (Å²) in [6, 6.07) is 9.73. The predicted octanol–water partition coefficient (Wildman–Crippen LogP) is 2.20. The number of H-pyrrole nitrogens is 1. The molecule has 0 aliphatic carbocycles. The number of aliphatic hydroxyl groups is 1. The van der Waals surface area contributed by atoms with Crippen molar-refractivity contribution < 1.29 is 9.90 Å². The number of aromatic nitrogens is 2. The van der Waals surface area contributed by atoms with Crippen LogP contribution in [0.5, 0.6) is 0 Å². The number of aromatic amines is 1. The van der Waals surface area contributed by atoms with Crippen molar-refractivity contribution in [3.05, 3.63) is 65.2 Å². The molecule has 1 aliphatic heterocycles. The van der Waals surface area contributed by atoms with Crippen LogP contribution in [0.1, 0.15) is 41.0 Å². The summed E-state index contributed by atoms with van der Waals surface area (Å²) in [7, 11) is 0. The maximum atomic E-state index is 12.0. The van der Waals surface area contributed by atoms with Gasteiger partial charge in [0.25, 0.3) is 5.91 Å². The number of hydrogen-bond donors (Lipinski definition) is 4. The van der Waals surface area contributed by atoms with Crippen LogP contribution in [-0.2, 0) is 12.1 Å². The molecule has 3 aromatic rings. The number of carbonyl (C=O) groups excluding carboxylic acids is 1. The molecule has 1 amide bonds. The van der Waals surface area contributed by atoms with Gasteiger partial charge in [0.2, 0.25) is 0 Å². The van der Waals surface area contributed by atoms with Crippen molar-refractivity contribution in [1.82, 2.24) is 20.8 Å². The van der Waals surface area contributed by atoms with Gasteiger partial charge in [0.05, 0.1) is 12.0 Å². The second kappa shape index (κ2) is 5.68. The zero-order valence-electron chi connectivity index (χ0n) is 14.1. The smallest absolute Gasteiger partial charge is 0.265 e. The summed E-state index contributed by atoms with van der Waals surface area (Å²) in [4.78, 5) is 19.2. The van der Waals surface area contributed by atoms with Crippen molar-refractivity contribution in [2.24, 2.45) is 5.92 Å². The highest BCUT2D eigenvalue weighted by Crippen LogP contribution is 2.37. The lowest BCUT2D eigenvalue weighted by molar-refractivity contribution is 0.0280. The van der Waals surface area contributed by atoms with E-state index in [9.17, 15) is 9.90 Å². The molecule has 0 saturated carbocycles. The summed E-state index contributed by atoms with van der Waals surface area (Å²) in [5.74, 6) is -0.180. The largest absolute Gasteiger partial charge is 0.378 e. The molecule has 1 atom stereocenters. The molecule has 2 aromatic carbocycles. The van der Waals surface area contributed by atoms with Crippen molar-refractivity contribution in [2.75, 3.05) is 0 Å². The molecule has 2 heterocycles. The van der Waals surface area contributed by atoms with Gasteiger partial charge in [0, 0.05) is 18.3 Å². The lowest BCUT2D eigenvalue weighted by Gasteiger charge is -2.31. The van der Waals surface area contributed by atoms with Gasteiger partial charge in [0.1, 0.15) is 5.60 Å². The van der Waals surface area contributed by atoms with Crippen LogP contribution in [0.4, 0.5) is 0 Å². The second-order valence-corrected chi connectivity index (χ2v) is 6.75. The van der Waals surface area contributed by atoms with E-state index >= 15 is 0 Å². The van der Waals surface area contributed by atoms with E-state index in [2.05, 4.69) is 20.8 Å². The van der Waals surface area contributed by atoms with Gasteiger partial charge >= 0.3 is 0 Å². The molecular formula is C19H20N4O2. The van der Waals surface area contributed by atoms with Crippen LogP contribution in [0, 0.1) is 5.92 Å². The van der Waals surface area contributed by atoms with Gasteiger partial charge in [-0.3, -0.25) is 10.2 Å². The van der Waals surface area contributed by atoms with E-state index in [4.69, 9.17) is 0 Å². The van der Waals surface area contributed by atoms with Crippen LogP contribution in [0.25, 0.3) is 10.8 Å². The van der Waals surface area contributed by atoms with Crippen LogP contribution in [0.15, 0.2) is 42.9 Å². The highest BCUT2D eigenvalue weighted by molar-refractivity contribution is 6.00. The summed E-state index contributed by atoms with van der Waals surface area (Å²) in [6.45, 7) is 4.52. The molecule has 6 nitrogen and oxygen atoms in total. The lowest BCUT2D eigenvalue weighted by atomic mass is 9.80. The fourth-order valence-corrected chi connectivity index (χ4v) is 3.47. The Morgan fingerprint density at radius 1 is 1.20 bits per heavy atom. The Hall–Kier alpha value is -2.70. The third-order valence-corrected chi connectivity index (χ3v) is 4.95. The average Bonchev–Trinajstić information content (AvgIpc) is 3.14. The summed E-state index contributed by atoms with van der Waals surface area (Å²) in [6.07, 6.45) is 3.30. The van der Waals surface area contributed by atoms with Crippen LogP contribution < -0.4 is 10.9 Å². The van der Waals surface area contributed by atoms with Crippen molar-refractivity contribution in [2.45, 2.75) is 26.0 Å². The summed E-state index contributed by atoms with van der Waals surface area (Å²) >= 11 is 0. The van der Waals surface area contributed by atoms with Crippen LogP contribution in [0.2, 0.25) is 0 Å². The van der Waals surface area contributed by atoms with Gasteiger partial charge in [-0.2, -0.15) is 0 Å². The molecule has 128 valence electrons. The SMILES string of the molecule is CC(C)C(O)(c1ccc2cc3c(cc2c1)CNNC3=O)c1c[nH]cn1. The highest BCUT2D eigenvalue weighted by atomic mass is 16.3. The van der Waals surface area contributed by atoms with E-state index in [0.29, 0.717) is 17.8 Å². The van der Waals surface area contributed by atoms with Crippen LogP contribution in [-0.4, -0.2) is 21.0 Å². The fourth-order valence-electron chi connectivity index (χ4n) is 3.47. The molecule has 1 aromatic heterocycles. The number of hydrazine groups is 1. The minimum Gasteiger partial charge on any atom is -0.378 e. The van der Waals surface area contributed by atoms with Gasteiger partial charge in [-0.1, -0.05) is 26.0 Å². The minimum absolute atomic E-state index is 0.0571. The Bertz CT molecular complexity index is 949. The first-order valence-corrected chi connectivity index (χ1v) is 8.32. The number of imidazole rings is 1. The summed E-state index contributed by atoms with van der Waals surface area (Å²) in [5.41, 5.74) is 7.34. The van der Waals surface area contributed by atoms with E-state index < -0.39 is 5.60 Å². The standard InChI is InChI=1S/C19H20N4O2/c1-11(2)19(25,17-9-20-10-21-17)15-4-3-12-7-16-14(5-13(12)6-15)8-22-23-18(16)24/h3-7,9-11,22,25H,8H2,1-2H3,(H,20,21)(H,23,24). The van der Waals surface area contributed by atoms with E-state index in [0.717, 1.165) is 21.9 Å². The predicted molar refractivity (Wildman–Crippen MR) is 94.7 cm³/mol. The monoisotopic (exact) mass is 336 g/mol. The number of amides is 1. The van der Waals surface area contributed by atoms with Crippen LogP contribution in [0.3, 0.4) is 0 Å². The van der Waals surface area contributed by atoms with Crippen molar-refractivity contribution >= 4 is 16.7 Å².